The molecule has 0 saturated carbocycles. The van der Waals surface area contributed by atoms with Crippen LogP contribution in [-0.4, -0.2) is 30.1 Å². The summed E-state index contributed by atoms with van der Waals surface area (Å²) in [4.78, 5) is 25.5. The van der Waals surface area contributed by atoms with Gasteiger partial charge in [0.15, 0.2) is 5.11 Å². The number of hydrogen-bond acceptors (Lipinski definition) is 4. The zero-order valence-corrected chi connectivity index (χ0v) is 17.6. The molecule has 0 unspecified atom stereocenters. The van der Waals surface area contributed by atoms with Gasteiger partial charge in [-0.05, 0) is 61.5 Å². The first-order chi connectivity index (χ1) is 14.0. The Morgan fingerprint density at radius 1 is 1.28 bits per heavy atom. The SMILES string of the molecule is CCOC(=O)c1ccc(NC(=S)NCc2cccc(N3CCCC3=O)c2)cc1Cl. The third kappa shape index (κ3) is 5.46. The van der Waals surface area contributed by atoms with Gasteiger partial charge in [-0.15, -0.1) is 0 Å². The van der Waals surface area contributed by atoms with Gasteiger partial charge < -0.3 is 20.3 Å². The zero-order chi connectivity index (χ0) is 20.8. The van der Waals surface area contributed by atoms with Crippen LogP contribution in [0.3, 0.4) is 0 Å². The number of benzene rings is 2. The monoisotopic (exact) mass is 431 g/mol. The van der Waals surface area contributed by atoms with Crippen LogP contribution in [0.4, 0.5) is 11.4 Å². The van der Waals surface area contributed by atoms with Crippen LogP contribution >= 0.6 is 23.8 Å². The van der Waals surface area contributed by atoms with Gasteiger partial charge in [-0.3, -0.25) is 4.79 Å². The van der Waals surface area contributed by atoms with Gasteiger partial charge in [0.1, 0.15) is 0 Å². The second kappa shape index (κ2) is 9.71. The molecule has 0 spiro atoms. The fourth-order valence-electron chi connectivity index (χ4n) is 3.08. The Hall–Kier alpha value is -2.64. The van der Waals surface area contributed by atoms with Gasteiger partial charge in [0.2, 0.25) is 5.91 Å². The van der Waals surface area contributed by atoms with E-state index in [4.69, 9.17) is 28.6 Å². The fourth-order valence-corrected chi connectivity index (χ4v) is 3.53. The highest BCUT2D eigenvalue weighted by Gasteiger charge is 2.21. The van der Waals surface area contributed by atoms with Crippen LogP contribution in [-0.2, 0) is 16.1 Å². The highest BCUT2D eigenvalue weighted by Crippen LogP contribution is 2.23. The summed E-state index contributed by atoms with van der Waals surface area (Å²) in [5.41, 5.74) is 2.90. The molecule has 1 saturated heterocycles. The molecule has 0 radical (unpaired) electrons. The first-order valence-corrected chi connectivity index (χ1v) is 10.2. The summed E-state index contributed by atoms with van der Waals surface area (Å²) in [5, 5.41) is 6.90. The van der Waals surface area contributed by atoms with Crippen LogP contribution in [0.5, 0.6) is 0 Å². The van der Waals surface area contributed by atoms with Crippen molar-refractivity contribution in [2.45, 2.75) is 26.3 Å². The zero-order valence-electron chi connectivity index (χ0n) is 16.0. The van der Waals surface area contributed by atoms with E-state index < -0.39 is 5.97 Å². The van der Waals surface area contributed by atoms with Crippen molar-refractivity contribution in [2.75, 3.05) is 23.4 Å². The number of carbonyl (C=O) groups excluding carboxylic acids is 2. The van der Waals surface area contributed by atoms with E-state index >= 15 is 0 Å². The topological polar surface area (TPSA) is 70.7 Å². The van der Waals surface area contributed by atoms with Crippen molar-refractivity contribution in [3.63, 3.8) is 0 Å². The molecule has 6 nitrogen and oxygen atoms in total. The lowest BCUT2D eigenvalue weighted by molar-refractivity contribution is -0.117. The summed E-state index contributed by atoms with van der Waals surface area (Å²) < 4.78 is 4.96. The van der Waals surface area contributed by atoms with Gasteiger partial charge in [-0.25, -0.2) is 4.79 Å². The normalized spacial score (nSPS) is 13.3. The number of ether oxygens (including phenoxy) is 1. The van der Waals surface area contributed by atoms with Crippen LogP contribution in [0.25, 0.3) is 0 Å². The number of rotatable bonds is 6. The highest BCUT2D eigenvalue weighted by atomic mass is 35.5. The third-order valence-corrected chi connectivity index (χ3v) is 5.03. The number of nitrogens with zero attached hydrogens (tertiary/aromatic N) is 1. The number of halogens is 1. The third-order valence-electron chi connectivity index (χ3n) is 4.47. The molecule has 1 fully saturated rings. The van der Waals surface area contributed by atoms with Crippen molar-refractivity contribution in [1.29, 1.82) is 0 Å². The molecule has 0 bridgehead atoms. The Kier molecular flexibility index (Phi) is 7.06. The van der Waals surface area contributed by atoms with Gasteiger partial charge >= 0.3 is 5.97 Å². The number of carbonyl (C=O) groups is 2. The van der Waals surface area contributed by atoms with Gasteiger partial charge in [0, 0.05) is 30.9 Å². The lowest BCUT2D eigenvalue weighted by atomic mass is 10.2. The Morgan fingerprint density at radius 2 is 2.10 bits per heavy atom. The molecule has 152 valence electrons. The first kappa shape index (κ1) is 21.1. The predicted molar refractivity (Wildman–Crippen MR) is 118 cm³/mol. The molecule has 3 rings (SSSR count). The number of anilines is 2. The van der Waals surface area contributed by atoms with Crippen molar-refractivity contribution in [3.8, 4) is 0 Å². The van der Waals surface area contributed by atoms with E-state index in [0.29, 0.717) is 34.4 Å². The minimum atomic E-state index is -0.457. The maximum absolute atomic E-state index is 11.9. The summed E-state index contributed by atoms with van der Waals surface area (Å²) in [6.45, 7) is 3.30. The van der Waals surface area contributed by atoms with E-state index in [-0.39, 0.29) is 12.5 Å². The Morgan fingerprint density at radius 3 is 2.79 bits per heavy atom. The average molecular weight is 432 g/mol. The van der Waals surface area contributed by atoms with Gasteiger partial charge in [-0.1, -0.05) is 23.7 Å². The van der Waals surface area contributed by atoms with Crippen LogP contribution in [0.1, 0.15) is 35.7 Å². The standard InChI is InChI=1S/C21H22ClN3O3S/c1-2-28-20(27)17-9-8-15(12-18(17)22)24-21(29)23-13-14-5-3-6-16(11-14)25-10-4-7-19(25)26/h3,5-6,8-9,11-12H,2,4,7,10,13H2,1H3,(H2,23,24,29). The molecule has 0 atom stereocenters. The Bertz CT molecular complexity index is 935. The Balaban J connectivity index is 1.57. The number of esters is 1. The number of thiocarbonyl (C=S) groups is 1. The lowest BCUT2D eigenvalue weighted by Crippen LogP contribution is -2.28. The smallest absolute Gasteiger partial charge is 0.339 e. The number of amides is 1. The van der Waals surface area contributed by atoms with Crippen molar-refractivity contribution in [2.24, 2.45) is 0 Å². The summed E-state index contributed by atoms with van der Waals surface area (Å²) in [5.74, 6) is -0.295. The molecule has 1 aliphatic rings. The van der Waals surface area contributed by atoms with E-state index in [0.717, 1.165) is 24.2 Å². The maximum Gasteiger partial charge on any atom is 0.339 e. The molecular weight excluding hydrogens is 410 g/mol. The largest absolute Gasteiger partial charge is 0.462 e. The van der Waals surface area contributed by atoms with Gasteiger partial charge in [0.05, 0.1) is 17.2 Å². The summed E-state index contributed by atoms with van der Waals surface area (Å²) >= 11 is 11.5. The molecule has 1 heterocycles. The molecule has 8 heteroatoms. The Labute approximate surface area is 180 Å². The van der Waals surface area contributed by atoms with E-state index in [1.54, 1.807) is 25.1 Å². The highest BCUT2D eigenvalue weighted by molar-refractivity contribution is 7.80. The molecular formula is C21H22ClN3O3S. The summed E-state index contributed by atoms with van der Waals surface area (Å²) in [7, 11) is 0. The van der Waals surface area contributed by atoms with E-state index in [1.165, 1.54) is 0 Å². The quantitative estimate of drug-likeness (QED) is 0.529. The second-order valence-corrected chi connectivity index (χ2v) is 7.36. The molecule has 0 aliphatic carbocycles. The van der Waals surface area contributed by atoms with Crippen LogP contribution in [0.15, 0.2) is 42.5 Å². The van der Waals surface area contributed by atoms with Crippen molar-refractivity contribution in [3.05, 3.63) is 58.6 Å². The van der Waals surface area contributed by atoms with Gasteiger partial charge in [-0.2, -0.15) is 0 Å². The molecule has 2 aromatic rings. The second-order valence-electron chi connectivity index (χ2n) is 6.54. The van der Waals surface area contributed by atoms with Gasteiger partial charge in [0.25, 0.3) is 0 Å². The van der Waals surface area contributed by atoms with E-state index in [9.17, 15) is 9.59 Å². The summed E-state index contributed by atoms with van der Waals surface area (Å²) in [6, 6.07) is 12.8. The van der Waals surface area contributed by atoms with Crippen LogP contribution in [0.2, 0.25) is 5.02 Å². The van der Waals surface area contributed by atoms with E-state index in [1.807, 2.05) is 29.2 Å². The van der Waals surface area contributed by atoms with Crippen LogP contribution < -0.4 is 15.5 Å². The first-order valence-electron chi connectivity index (χ1n) is 9.38. The van der Waals surface area contributed by atoms with Crippen LogP contribution in [0, 0.1) is 0 Å². The maximum atomic E-state index is 11.9. The molecule has 1 amide bonds. The lowest BCUT2D eigenvalue weighted by Gasteiger charge is -2.17. The average Bonchev–Trinajstić information content (AvgIpc) is 3.13. The minimum Gasteiger partial charge on any atom is -0.462 e. The number of hydrogen-bond donors (Lipinski definition) is 2. The van der Waals surface area contributed by atoms with E-state index in [2.05, 4.69) is 10.6 Å². The van der Waals surface area contributed by atoms with Crippen molar-refractivity contribution in [1.82, 2.24) is 5.32 Å². The molecule has 1 aliphatic heterocycles. The fraction of sp³-hybridized carbons (Fsp3) is 0.286. The molecule has 2 N–H and O–H groups in total. The minimum absolute atomic E-state index is 0.162. The summed E-state index contributed by atoms with van der Waals surface area (Å²) in [6.07, 6.45) is 1.50. The molecule has 29 heavy (non-hydrogen) atoms. The molecule has 2 aromatic carbocycles. The molecule has 0 aromatic heterocycles. The van der Waals surface area contributed by atoms with Crippen molar-refractivity contribution >= 4 is 52.2 Å². The van der Waals surface area contributed by atoms with Crippen molar-refractivity contribution < 1.29 is 14.3 Å². The predicted octanol–water partition coefficient (Wildman–Crippen LogP) is 4.13. The number of nitrogens with one attached hydrogen (secondary N) is 2.